The van der Waals surface area contributed by atoms with Crippen LogP contribution in [0.4, 0.5) is 0 Å². The number of nitrogens with zero attached hydrogens (tertiary/aromatic N) is 1. The van der Waals surface area contributed by atoms with Crippen molar-refractivity contribution in [1.82, 2.24) is 10.2 Å². The molecule has 1 saturated heterocycles. The van der Waals surface area contributed by atoms with Gasteiger partial charge < -0.3 is 10.6 Å². The van der Waals surface area contributed by atoms with Gasteiger partial charge in [0.15, 0.2) is 0 Å². The highest BCUT2D eigenvalue weighted by Crippen LogP contribution is 2.20. The predicted molar refractivity (Wildman–Crippen MR) is 84.1 cm³/mol. The van der Waals surface area contributed by atoms with Crippen LogP contribution in [0.2, 0.25) is 0 Å². The maximum absolute atomic E-state index is 4.05. The number of rotatable bonds is 5. The summed E-state index contributed by atoms with van der Waals surface area (Å²) in [5.74, 6) is 0.590. The van der Waals surface area contributed by atoms with Gasteiger partial charge in [-0.05, 0) is 13.8 Å². The monoisotopic (exact) mass is 275 g/mol. The zero-order valence-electron chi connectivity index (χ0n) is 13.0. The van der Waals surface area contributed by atoms with Gasteiger partial charge in [0.2, 0.25) is 0 Å². The third-order valence-corrected chi connectivity index (χ3v) is 4.23. The summed E-state index contributed by atoms with van der Waals surface area (Å²) < 4.78 is 0. The van der Waals surface area contributed by atoms with Crippen LogP contribution >= 0.6 is 0 Å². The number of quaternary nitrogens is 1. The van der Waals surface area contributed by atoms with Gasteiger partial charge in [-0.1, -0.05) is 37.3 Å². The summed E-state index contributed by atoms with van der Waals surface area (Å²) in [6, 6.07) is 12.4. The van der Waals surface area contributed by atoms with Gasteiger partial charge in [0.1, 0.15) is 0 Å². The highest BCUT2D eigenvalue weighted by atomic mass is 15.2. The number of benzene rings is 1. The summed E-state index contributed by atoms with van der Waals surface area (Å²) in [7, 11) is 4.05. The molecule has 2 unspecified atom stereocenters. The minimum atomic E-state index is 0.441. The van der Waals surface area contributed by atoms with E-state index >= 15 is 0 Å². The predicted octanol–water partition coefficient (Wildman–Crippen LogP) is 1.40. The summed E-state index contributed by atoms with van der Waals surface area (Å²) in [5, 5.41) is 5.70. The Kier molecular flexibility index (Phi) is 5.58. The zero-order valence-corrected chi connectivity index (χ0v) is 13.0. The molecule has 1 aromatic carbocycles. The van der Waals surface area contributed by atoms with E-state index in [0.717, 1.165) is 19.6 Å². The molecule has 0 saturated carbocycles. The van der Waals surface area contributed by atoms with Gasteiger partial charge in [-0.25, -0.2) is 0 Å². The maximum Gasteiger partial charge on any atom is 0.0914 e. The first kappa shape index (κ1) is 15.5. The Morgan fingerprint density at radius 1 is 1.25 bits per heavy atom. The summed E-state index contributed by atoms with van der Waals surface area (Å²) in [5.41, 5.74) is 1.38. The van der Waals surface area contributed by atoms with Crippen LogP contribution in [-0.4, -0.2) is 36.6 Å². The van der Waals surface area contributed by atoms with Crippen LogP contribution in [0.15, 0.2) is 30.3 Å². The van der Waals surface area contributed by atoms with Crippen molar-refractivity contribution in [2.24, 2.45) is 5.92 Å². The molecule has 2 rings (SSSR count). The largest absolute Gasteiger partial charge is 0.472 e. The third kappa shape index (κ3) is 4.05. The van der Waals surface area contributed by atoms with Crippen molar-refractivity contribution in [3.63, 3.8) is 0 Å². The Balaban J connectivity index is 1.97. The van der Waals surface area contributed by atoms with Gasteiger partial charge in [0, 0.05) is 43.2 Å². The van der Waals surface area contributed by atoms with Crippen molar-refractivity contribution < 1.29 is 5.32 Å². The van der Waals surface area contributed by atoms with Crippen LogP contribution in [0.25, 0.3) is 0 Å². The lowest BCUT2D eigenvalue weighted by Gasteiger charge is -2.38. The van der Waals surface area contributed by atoms with Gasteiger partial charge in [0.05, 0.1) is 6.04 Å². The maximum atomic E-state index is 4.05. The Morgan fingerprint density at radius 3 is 2.40 bits per heavy atom. The van der Waals surface area contributed by atoms with E-state index in [2.05, 4.69) is 73.7 Å². The average Bonchev–Trinajstić information content (AvgIpc) is 2.39. The van der Waals surface area contributed by atoms with Crippen LogP contribution in [0, 0.1) is 13.0 Å². The molecule has 1 aliphatic heterocycles. The molecule has 0 aromatic heterocycles. The fraction of sp³-hybridized carbons (Fsp3) is 0.588. The number of hydrogen-bond acceptors (Lipinski definition) is 2. The lowest BCUT2D eigenvalue weighted by atomic mass is 9.93. The van der Waals surface area contributed by atoms with Crippen molar-refractivity contribution in [3.8, 4) is 0 Å². The highest BCUT2D eigenvalue weighted by Gasteiger charge is 2.26. The van der Waals surface area contributed by atoms with E-state index in [4.69, 9.17) is 0 Å². The number of piperazine rings is 1. The summed E-state index contributed by atoms with van der Waals surface area (Å²) in [6.07, 6.45) is 0. The van der Waals surface area contributed by atoms with E-state index in [1.165, 1.54) is 5.56 Å². The van der Waals surface area contributed by atoms with Crippen LogP contribution in [-0.2, 0) is 0 Å². The standard InChI is InChI=1S/C17H29N3/c1-13(10-20-11-14(2)19-15(3)12-20)17(18-4)16-8-6-5-7-9-16/h5-9,13-15,17,19H,4,10-12,18H2,1-3H3/t13-,14?,15?,17+/m0/s1. The van der Waals surface area contributed by atoms with Crippen molar-refractivity contribution in [2.75, 3.05) is 19.6 Å². The van der Waals surface area contributed by atoms with Crippen molar-refractivity contribution in [1.29, 1.82) is 0 Å². The zero-order chi connectivity index (χ0) is 14.5. The van der Waals surface area contributed by atoms with Crippen LogP contribution in [0.3, 0.4) is 0 Å². The lowest BCUT2D eigenvalue weighted by molar-refractivity contribution is -0.648. The first-order valence-electron chi connectivity index (χ1n) is 7.76. The molecule has 0 aliphatic carbocycles. The molecule has 3 heteroatoms. The topological polar surface area (TPSA) is 31.9 Å². The number of nitrogens with one attached hydrogen (secondary N) is 1. The molecular weight excluding hydrogens is 246 g/mol. The normalized spacial score (nSPS) is 27.2. The second-order valence-corrected chi connectivity index (χ2v) is 6.34. The second kappa shape index (κ2) is 7.21. The molecule has 4 atom stereocenters. The fourth-order valence-electron chi connectivity index (χ4n) is 3.48. The summed E-state index contributed by atoms with van der Waals surface area (Å²) in [6.45, 7) is 10.3. The van der Waals surface area contributed by atoms with Gasteiger partial charge in [-0.15, -0.1) is 0 Å². The van der Waals surface area contributed by atoms with Gasteiger partial charge in [0.25, 0.3) is 0 Å². The Morgan fingerprint density at radius 2 is 1.85 bits per heavy atom. The molecule has 1 aliphatic rings. The lowest BCUT2D eigenvalue weighted by Crippen LogP contribution is -2.80. The quantitative estimate of drug-likeness (QED) is 0.796. The van der Waals surface area contributed by atoms with E-state index in [0.29, 0.717) is 24.0 Å². The van der Waals surface area contributed by atoms with E-state index in [1.807, 2.05) is 0 Å². The van der Waals surface area contributed by atoms with Crippen molar-refractivity contribution in [2.45, 2.75) is 38.9 Å². The molecule has 1 aromatic rings. The number of hydrogen-bond donors (Lipinski definition) is 2. The second-order valence-electron chi connectivity index (χ2n) is 6.34. The van der Waals surface area contributed by atoms with Gasteiger partial charge in [-0.2, -0.15) is 7.05 Å². The minimum absolute atomic E-state index is 0.441. The Hall–Kier alpha value is -0.900. The molecule has 0 amide bonds. The average molecular weight is 275 g/mol. The van der Waals surface area contributed by atoms with E-state index in [-0.39, 0.29) is 0 Å². The van der Waals surface area contributed by atoms with Gasteiger partial charge in [-0.3, -0.25) is 4.90 Å². The molecule has 1 heterocycles. The van der Waals surface area contributed by atoms with Crippen molar-refractivity contribution >= 4 is 0 Å². The van der Waals surface area contributed by atoms with Gasteiger partial charge >= 0.3 is 0 Å². The molecule has 20 heavy (non-hydrogen) atoms. The first-order chi connectivity index (χ1) is 9.60. The molecule has 3 N–H and O–H groups in total. The third-order valence-electron chi connectivity index (χ3n) is 4.23. The van der Waals surface area contributed by atoms with Crippen LogP contribution < -0.4 is 10.6 Å². The van der Waals surface area contributed by atoms with E-state index in [9.17, 15) is 0 Å². The van der Waals surface area contributed by atoms with E-state index in [1.54, 1.807) is 0 Å². The molecule has 3 nitrogen and oxygen atoms in total. The Labute approximate surface area is 123 Å². The van der Waals surface area contributed by atoms with Crippen molar-refractivity contribution in [3.05, 3.63) is 42.9 Å². The summed E-state index contributed by atoms with van der Waals surface area (Å²) >= 11 is 0. The summed E-state index contributed by atoms with van der Waals surface area (Å²) in [4.78, 5) is 2.59. The Bertz CT molecular complexity index is 382. The molecule has 0 radical (unpaired) electrons. The minimum Gasteiger partial charge on any atom is -0.472 e. The molecule has 112 valence electrons. The molecule has 0 spiro atoms. The fourth-order valence-corrected chi connectivity index (χ4v) is 3.48. The molecule has 1 fully saturated rings. The first-order valence-corrected chi connectivity index (χ1v) is 7.76. The smallest absolute Gasteiger partial charge is 0.0914 e. The SMILES string of the molecule is [CH2-][NH2+][C@@H](c1ccccc1)[C@@H](C)CN1CC(C)NC(C)C1. The molecule has 0 bridgehead atoms. The van der Waals surface area contributed by atoms with E-state index < -0.39 is 0 Å². The van der Waals surface area contributed by atoms with Crippen LogP contribution in [0.5, 0.6) is 0 Å². The number of nitrogens with two attached hydrogens (primary N) is 1. The van der Waals surface area contributed by atoms with Crippen LogP contribution in [0.1, 0.15) is 32.4 Å². The highest BCUT2D eigenvalue weighted by molar-refractivity contribution is 5.17. The molecular formula is C17H29N3.